The summed E-state index contributed by atoms with van der Waals surface area (Å²) in [7, 11) is -3.72. The molecule has 1 fully saturated rings. The van der Waals surface area contributed by atoms with Crippen LogP contribution in [0.25, 0.3) is 0 Å². The van der Waals surface area contributed by atoms with Gasteiger partial charge in [-0.3, -0.25) is 9.52 Å². The van der Waals surface area contributed by atoms with Gasteiger partial charge in [0.25, 0.3) is 15.9 Å². The first kappa shape index (κ1) is 24.1. The van der Waals surface area contributed by atoms with Crippen molar-refractivity contribution in [1.29, 1.82) is 0 Å². The summed E-state index contributed by atoms with van der Waals surface area (Å²) in [5.41, 5.74) is 0.919. The lowest BCUT2D eigenvalue weighted by Gasteiger charge is -2.32. The Kier molecular flexibility index (Phi) is 8.53. The topological polar surface area (TPSA) is 87.7 Å². The number of sulfonamides is 1. The van der Waals surface area contributed by atoms with Gasteiger partial charge in [-0.05, 0) is 81.3 Å². The maximum absolute atomic E-state index is 12.6. The number of piperidine rings is 1. The third-order valence-electron chi connectivity index (χ3n) is 5.60. The number of rotatable bonds is 10. The maximum atomic E-state index is 12.6. The fourth-order valence-corrected chi connectivity index (χ4v) is 4.80. The van der Waals surface area contributed by atoms with Crippen LogP contribution in [0.2, 0.25) is 0 Å². The minimum Gasteiger partial charge on any atom is -0.494 e. The van der Waals surface area contributed by atoms with Crippen LogP contribution < -0.4 is 14.8 Å². The summed E-state index contributed by atoms with van der Waals surface area (Å²) < 4.78 is 33.1. The van der Waals surface area contributed by atoms with Crippen molar-refractivity contribution in [3.8, 4) is 5.75 Å². The van der Waals surface area contributed by atoms with Crippen LogP contribution in [0.5, 0.6) is 5.75 Å². The standard InChI is InChI=1S/C24H33N3O4S/c1-3-5-16-27-17-14-20(15-18-27)25-24(28)19-6-8-21(9-7-19)26-32(29,30)23-12-10-22(11-13-23)31-4-2/h6-13,20,26H,3-5,14-18H2,1-2H3,(H,25,28). The zero-order valence-electron chi connectivity index (χ0n) is 18.8. The van der Waals surface area contributed by atoms with Crippen molar-refractivity contribution in [3.05, 3.63) is 54.1 Å². The number of hydrogen-bond acceptors (Lipinski definition) is 5. The highest BCUT2D eigenvalue weighted by molar-refractivity contribution is 7.92. The van der Waals surface area contributed by atoms with Gasteiger partial charge in [-0.15, -0.1) is 0 Å². The van der Waals surface area contributed by atoms with Crippen molar-refractivity contribution in [3.63, 3.8) is 0 Å². The smallest absolute Gasteiger partial charge is 0.261 e. The molecule has 1 amide bonds. The number of ether oxygens (including phenoxy) is 1. The summed E-state index contributed by atoms with van der Waals surface area (Å²) in [6.07, 6.45) is 4.32. The van der Waals surface area contributed by atoms with Crippen LogP contribution in [0.1, 0.15) is 49.9 Å². The molecule has 2 aromatic rings. The van der Waals surface area contributed by atoms with Gasteiger partial charge in [0.15, 0.2) is 0 Å². The molecule has 1 aliphatic rings. The lowest BCUT2D eigenvalue weighted by Crippen LogP contribution is -2.44. The molecule has 7 nitrogen and oxygen atoms in total. The van der Waals surface area contributed by atoms with Gasteiger partial charge < -0.3 is 15.0 Å². The summed E-state index contributed by atoms with van der Waals surface area (Å²) in [5, 5.41) is 3.10. The summed E-state index contributed by atoms with van der Waals surface area (Å²) in [4.78, 5) is 15.2. The van der Waals surface area contributed by atoms with Gasteiger partial charge >= 0.3 is 0 Å². The Hall–Kier alpha value is -2.58. The number of anilines is 1. The number of nitrogens with one attached hydrogen (secondary N) is 2. The summed E-state index contributed by atoms with van der Waals surface area (Å²) in [5.74, 6) is 0.492. The number of nitrogens with zero attached hydrogens (tertiary/aromatic N) is 1. The van der Waals surface area contributed by atoms with Crippen molar-refractivity contribution in [2.24, 2.45) is 0 Å². The number of hydrogen-bond donors (Lipinski definition) is 2. The largest absolute Gasteiger partial charge is 0.494 e. The van der Waals surface area contributed by atoms with E-state index in [2.05, 4.69) is 21.9 Å². The van der Waals surface area contributed by atoms with Crippen LogP contribution in [-0.4, -0.2) is 51.5 Å². The average Bonchev–Trinajstić information content (AvgIpc) is 2.79. The van der Waals surface area contributed by atoms with E-state index in [-0.39, 0.29) is 16.8 Å². The second kappa shape index (κ2) is 11.3. The number of carbonyl (C=O) groups is 1. The molecule has 0 bridgehead atoms. The molecule has 174 valence electrons. The lowest BCUT2D eigenvalue weighted by atomic mass is 10.0. The van der Waals surface area contributed by atoms with Crippen LogP contribution in [0.3, 0.4) is 0 Å². The van der Waals surface area contributed by atoms with Gasteiger partial charge in [0.05, 0.1) is 11.5 Å². The molecule has 8 heteroatoms. The number of amides is 1. The van der Waals surface area contributed by atoms with E-state index in [1.807, 2.05) is 6.92 Å². The molecule has 0 aliphatic carbocycles. The van der Waals surface area contributed by atoms with E-state index in [9.17, 15) is 13.2 Å². The highest BCUT2D eigenvalue weighted by Crippen LogP contribution is 2.20. The Labute approximate surface area is 191 Å². The Morgan fingerprint density at radius 3 is 2.28 bits per heavy atom. The molecule has 3 rings (SSSR count). The van der Waals surface area contributed by atoms with Crippen molar-refractivity contribution >= 4 is 21.6 Å². The number of unbranched alkanes of at least 4 members (excludes halogenated alkanes) is 1. The molecule has 1 aliphatic heterocycles. The minimum atomic E-state index is -3.72. The monoisotopic (exact) mass is 459 g/mol. The predicted molar refractivity (Wildman–Crippen MR) is 127 cm³/mol. The Bertz CT molecular complexity index is 967. The van der Waals surface area contributed by atoms with Gasteiger partial charge in [0.1, 0.15) is 5.75 Å². The number of benzene rings is 2. The second-order valence-electron chi connectivity index (χ2n) is 8.03. The first-order valence-corrected chi connectivity index (χ1v) is 12.8. The van der Waals surface area contributed by atoms with E-state index < -0.39 is 10.0 Å². The van der Waals surface area contributed by atoms with E-state index in [0.29, 0.717) is 23.6 Å². The third-order valence-corrected chi connectivity index (χ3v) is 6.99. The second-order valence-corrected chi connectivity index (χ2v) is 9.71. The summed E-state index contributed by atoms with van der Waals surface area (Å²) >= 11 is 0. The molecular formula is C24H33N3O4S. The maximum Gasteiger partial charge on any atom is 0.261 e. The van der Waals surface area contributed by atoms with Gasteiger partial charge in [-0.1, -0.05) is 13.3 Å². The molecule has 1 heterocycles. The molecule has 1 saturated heterocycles. The molecule has 0 radical (unpaired) electrons. The zero-order chi connectivity index (χ0) is 23.0. The van der Waals surface area contributed by atoms with E-state index in [0.717, 1.165) is 32.5 Å². The molecule has 32 heavy (non-hydrogen) atoms. The fourth-order valence-electron chi connectivity index (χ4n) is 3.74. The minimum absolute atomic E-state index is 0.127. The normalized spacial score (nSPS) is 15.3. The fraction of sp³-hybridized carbons (Fsp3) is 0.458. The first-order chi connectivity index (χ1) is 15.4. The van der Waals surface area contributed by atoms with Crippen LogP contribution in [0, 0.1) is 0 Å². The third kappa shape index (κ3) is 6.71. The quantitative estimate of drug-likeness (QED) is 0.563. The van der Waals surface area contributed by atoms with E-state index >= 15 is 0 Å². The molecule has 0 unspecified atom stereocenters. The molecule has 0 saturated carbocycles. The van der Waals surface area contributed by atoms with Crippen LogP contribution in [0.15, 0.2) is 53.4 Å². The highest BCUT2D eigenvalue weighted by Gasteiger charge is 2.21. The van der Waals surface area contributed by atoms with Crippen molar-refractivity contribution in [2.45, 2.75) is 50.5 Å². The Morgan fingerprint density at radius 2 is 1.69 bits per heavy atom. The van der Waals surface area contributed by atoms with Crippen molar-refractivity contribution < 1.29 is 17.9 Å². The Morgan fingerprint density at radius 1 is 1.03 bits per heavy atom. The molecule has 0 aromatic heterocycles. The number of likely N-dealkylation sites (tertiary alicyclic amines) is 1. The zero-order valence-corrected chi connectivity index (χ0v) is 19.7. The van der Waals surface area contributed by atoms with Crippen LogP contribution in [-0.2, 0) is 10.0 Å². The lowest BCUT2D eigenvalue weighted by molar-refractivity contribution is 0.0911. The molecule has 0 spiro atoms. The predicted octanol–water partition coefficient (Wildman–Crippen LogP) is 3.88. The SMILES string of the molecule is CCCCN1CCC(NC(=O)c2ccc(NS(=O)(=O)c3ccc(OCC)cc3)cc2)CC1. The average molecular weight is 460 g/mol. The van der Waals surface area contributed by atoms with Crippen LogP contribution >= 0.6 is 0 Å². The van der Waals surface area contributed by atoms with Gasteiger partial charge in [0.2, 0.25) is 0 Å². The molecule has 0 atom stereocenters. The van der Waals surface area contributed by atoms with E-state index in [4.69, 9.17) is 4.74 Å². The summed E-state index contributed by atoms with van der Waals surface area (Å²) in [6.45, 7) is 7.73. The molecule has 2 aromatic carbocycles. The first-order valence-electron chi connectivity index (χ1n) is 11.3. The van der Waals surface area contributed by atoms with E-state index in [1.54, 1.807) is 36.4 Å². The van der Waals surface area contributed by atoms with Gasteiger partial charge in [-0.25, -0.2) is 8.42 Å². The van der Waals surface area contributed by atoms with Gasteiger partial charge in [0, 0.05) is 30.4 Å². The molecular weight excluding hydrogens is 426 g/mol. The highest BCUT2D eigenvalue weighted by atomic mass is 32.2. The van der Waals surface area contributed by atoms with Crippen LogP contribution in [0.4, 0.5) is 5.69 Å². The van der Waals surface area contributed by atoms with Crippen molar-refractivity contribution in [1.82, 2.24) is 10.2 Å². The van der Waals surface area contributed by atoms with Gasteiger partial charge in [-0.2, -0.15) is 0 Å². The molecule has 2 N–H and O–H groups in total. The van der Waals surface area contributed by atoms with E-state index in [1.165, 1.54) is 25.0 Å². The summed E-state index contributed by atoms with van der Waals surface area (Å²) in [6, 6.07) is 12.9. The number of carbonyl (C=O) groups excluding carboxylic acids is 1. The van der Waals surface area contributed by atoms with Crippen molar-refractivity contribution in [2.75, 3.05) is 31.0 Å². The Balaban J connectivity index is 1.53.